The van der Waals surface area contributed by atoms with Crippen molar-refractivity contribution in [1.82, 2.24) is 0 Å². The number of hydrogen-bond acceptors (Lipinski definition) is 3. The fraction of sp³-hybridized carbons (Fsp3) is 0.917. The van der Waals surface area contributed by atoms with Gasteiger partial charge in [0.15, 0.2) is 5.79 Å². The molecule has 3 aliphatic rings. The minimum Gasteiger partial charge on any atom is -0.348 e. The third kappa shape index (κ3) is 1.47. The molecule has 0 unspecified atom stereocenters. The largest absolute Gasteiger partial charge is 0.348 e. The molecule has 0 bridgehead atoms. The van der Waals surface area contributed by atoms with Gasteiger partial charge >= 0.3 is 0 Å². The minimum atomic E-state index is -0.233. The molecule has 0 aromatic heterocycles. The Bertz CT molecular complexity index is 283. The molecular formula is C12H17NO2. The van der Waals surface area contributed by atoms with Crippen molar-refractivity contribution in [3.8, 4) is 6.07 Å². The van der Waals surface area contributed by atoms with Gasteiger partial charge in [0, 0.05) is 18.8 Å². The van der Waals surface area contributed by atoms with Gasteiger partial charge in [0.2, 0.25) is 0 Å². The van der Waals surface area contributed by atoms with E-state index in [2.05, 4.69) is 6.07 Å². The Kier molecular flexibility index (Phi) is 2.05. The first-order valence-electron chi connectivity index (χ1n) is 5.94. The first-order chi connectivity index (χ1) is 7.26. The monoisotopic (exact) mass is 207 g/mol. The Labute approximate surface area is 90.4 Å². The lowest BCUT2D eigenvalue weighted by Gasteiger charge is -2.51. The van der Waals surface area contributed by atoms with E-state index in [1.54, 1.807) is 0 Å². The summed E-state index contributed by atoms with van der Waals surface area (Å²) < 4.78 is 11.4. The maximum atomic E-state index is 8.81. The fourth-order valence-corrected chi connectivity index (χ4v) is 3.43. The molecule has 1 heterocycles. The Morgan fingerprint density at radius 2 is 1.60 bits per heavy atom. The van der Waals surface area contributed by atoms with Crippen molar-refractivity contribution in [3.63, 3.8) is 0 Å². The quantitative estimate of drug-likeness (QED) is 0.611. The number of nitriles is 1. The Hall–Kier alpha value is -0.590. The average Bonchev–Trinajstić information content (AvgIpc) is 2.65. The second-order valence-corrected chi connectivity index (χ2v) is 5.34. The number of hydrogen-bond donors (Lipinski definition) is 0. The third-order valence-corrected chi connectivity index (χ3v) is 4.43. The molecule has 3 rings (SSSR count). The highest BCUT2D eigenvalue weighted by Gasteiger charge is 2.51. The van der Waals surface area contributed by atoms with Crippen LogP contribution in [0.1, 0.15) is 38.5 Å². The number of rotatable bonds is 0. The van der Waals surface area contributed by atoms with Crippen LogP contribution in [0, 0.1) is 22.7 Å². The summed E-state index contributed by atoms with van der Waals surface area (Å²) >= 11 is 0. The van der Waals surface area contributed by atoms with Crippen molar-refractivity contribution in [3.05, 3.63) is 0 Å². The summed E-state index contributed by atoms with van der Waals surface area (Å²) in [5.74, 6) is 0.0904. The zero-order chi connectivity index (χ0) is 10.4. The van der Waals surface area contributed by atoms with Crippen LogP contribution >= 0.6 is 0 Å². The van der Waals surface area contributed by atoms with E-state index in [-0.39, 0.29) is 5.79 Å². The standard InChI is InChI=1S/C12H17NO2/c13-9-10-7-11(8-10)1-3-12(4-2-11)14-5-6-15-12/h10H,1-8H2. The molecule has 0 N–H and O–H groups in total. The first kappa shape index (κ1) is 9.62. The smallest absolute Gasteiger partial charge is 0.168 e. The van der Waals surface area contributed by atoms with Gasteiger partial charge < -0.3 is 9.47 Å². The van der Waals surface area contributed by atoms with Crippen LogP contribution in [-0.4, -0.2) is 19.0 Å². The predicted molar refractivity (Wildman–Crippen MR) is 53.9 cm³/mol. The molecule has 15 heavy (non-hydrogen) atoms. The van der Waals surface area contributed by atoms with E-state index in [4.69, 9.17) is 14.7 Å². The Morgan fingerprint density at radius 3 is 2.13 bits per heavy atom. The van der Waals surface area contributed by atoms with Gasteiger partial charge in [0.05, 0.1) is 19.3 Å². The molecule has 0 atom stereocenters. The molecule has 0 aromatic carbocycles. The van der Waals surface area contributed by atoms with E-state index in [9.17, 15) is 0 Å². The van der Waals surface area contributed by atoms with Crippen LogP contribution in [-0.2, 0) is 9.47 Å². The second-order valence-electron chi connectivity index (χ2n) is 5.34. The van der Waals surface area contributed by atoms with Crippen LogP contribution < -0.4 is 0 Å². The maximum Gasteiger partial charge on any atom is 0.168 e. The Balaban J connectivity index is 1.60. The predicted octanol–water partition coefficient (Wildman–Crippen LogP) is 2.22. The lowest BCUT2D eigenvalue weighted by molar-refractivity contribution is -0.201. The molecule has 0 aromatic rings. The van der Waals surface area contributed by atoms with Gasteiger partial charge in [-0.2, -0.15) is 5.26 Å². The Morgan fingerprint density at radius 1 is 1.00 bits per heavy atom. The van der Waals surface area contributed by atoms with Gasteiger partial charge in [-0.15, -0.1) is 0 Å². The molecule has 0 radical (unpaired) electrons. The van der Waals surface area contributed by atoms with Crippen molar-refractivity contribution >= 4 is 0 Å². The second kappa shape index (κ2) is 3.20. The molecule has 3 heteroatoms. The fourth-order valence-electron chi connectivity index (χ4n) is 3.43. The van der Waals surface area contributed by atoms with Crippen LogP contribution in [0.5, 0.6) is 0 Å². The molecule has 82 valence electrons. The molecule has 1 saturated heterocycles. The molecule has 2 aliphatic carbocycles. The highest BCUT2D eigenvalue weighted by molar-refractivity contribution is 5.05. The van der Waals surface area contributed by atoms with Crippen molar-refractivity contribution in [2.75, 3.05) is 13.2 Å². The van der Waals surface area contributed by atoms with Crippen molar-refractivity contribution in [1.29, 1.82) is 5.26 Å². The van der Waals surface area contributed by atoms with Gasteiger partial charge in [-0.25, -0.2) is 0 Å². The van der Waals surface area contributed by atoms with Gasteiger partial charge in [-0.3, -0.25) is 0 Å². The summed E-state index contributed by atoms with van der Waals surface area (Å²) in [6, 6.07) is 2.37. The molecule has 2 spiro atoms. The van der Waals surface area contributed by atoms with Gasteiger partial charge in [-0.05, 0) is 31.1 Å². The topological polar surface area (TPSA) is 42.2 Å². The summed E-state index contributed by atoms with van der Waals surface area (Å²) in [5, 5.41) is 8.81. The highest BCUT2D eigenvalue weighted by atomic mass is 16.7. The first-order valence-corrected chi connectivity index (χ1v) is 5.94. The van der Waals surface area contributed by atoms with Crippen molar-refractivity contribution < 1.29 is 9.47 Å². The van der Waals surface area contributed by atoms with E-state index in [1.807, 2.05) is 0 Å². The lowest BCUT2D eigenvalue weighted by atomic mass is 9.55. The molecule has 2 saturated carbocycles. The highest BCUT2D eigenvalue weighted by Crippen LogP contribution is 2.57. The SMILES string of the molecule is N#CC1CC2(CCC3(CC2)OCCO3)C1. The molecule has 0 amide bonds. The zero-order valence-corrected chi connectivity index (χ0v) is 9.00. The van der Waals surface area contributed by atoms with E-state index in [0.29, 0.717) is 11.3 Å². The summed E-state index contributed by atoms with van der Waals surface area (Å²) in [6.07, 6.45) is 6.66. The molecular weight excluding hydrogens is 190 g/mol. The average molecular weight is 207 g/mol. The normalized spacial score (nSPS) is 32.7. The van der Waals surface area contributed by atoms with E-state index < -0.39 is 0 Å². The number of nitrogens with zero attached hydrogens (tertiary/aromatic N) is 1. The summed E-state index contributed by atoms with van der Waals surface area (Å²) in [4.78, 5) is 0. The number of ether oxygens (including phenoxy) is 2. The third-order valence-electron chi connectivity index (χ3n) is 4.43. The minimum absolute atomic E-state index is 0.233. The van der Waals surface area contributed by atoms with E-state index >= 15 is 0 Å². The molecule has 3 nitrogen and oxygen atoms in total. The van der Waals surface area contributed by atoms with Gasteiger partial charge in [-0.1, -0.05) is 0 Å². The van der Waals surface area contributed by atoms with Crippen molar-refractivity contribution in [2.45, 2.75) is 44.3 Å². The summed E-state index contributed by atoms with van der Waals surface area (Å²) in [5.41, 5.74) is 0.473. The van der Waals surface area contributed by atoms with Crippen molar-refractivity contribution in [2.24, 2.45) is 11.3 Å². The van der Waals surface area contributed by atoms with Crippen LogP contribution in [0.15, 0.2) is 0 Å². The summed E-state index contributed by atoms with van der Waals surface area (Å²) in [6.45, 7) is 1.52. The zero-order valence-electron chi connectivity index (χ0n) is 9.00. The van der Waals surface area contributed by atoms with Crippen LogP contribution in [0.25, 0.3) is 0 Å². The van der Waals surface area contributed by atoms with Crippen LogP contribution in [0.4, 0.5) is 0 Å². The molecule has 1 aliphatic heterocycles. The summed E-state index contributed by atoms with van der Waals surface area (Å²) in [7, 11) is 0. The van der Waals surface area contributed by atoms with E-state index in [1.165, 1.54) is 12.8 Å². The van der Waals surface area contributed by atoms with Crippen LogP contribution in [0.2, 0.25) is 0 Å². The van der Waals surface area contributed by atoms with Gasteiger partial charge in [0.1, 0.15) is 0 Å². The van der Waals surface area contributed by atoms with Gasteiger partial charge in [0.25, 0.3) is 0 Å². The maximum absolute atomic E-state index is 8.81. The molecule has 3 fully saturated rings. The van der Waals surface area contributed by atoms with E-state index in [0.717, 1.165) is 38.9 Å². The lowest BCUT2D eigenvalue weighted by Crippen LogP contribution is -2.45. The van der Waals surface area contributed by atoms with Crippen LogP contribution in [0.3, 0.4) is 0 Å².